The van der Waals surface area contributed by atoms with E-state index in [0.717, 1.165) is 13.1 Å². The molecule has 2 aliphatic heterocycles. The van der Waals surface area contributed by atoms with E-state index in [2.05, 4.69) is 4.40 Å². The second kappa shape index (κ2) is 3.92. The minimum Gasteiger partial charge on any atom is -0.383 e. The number of ether oxygens (including phenoxy) is 1. The van der Waals surface area contributed by atoms with Crippen LogP contribution in [0.2, 0.25) is 0 Å². The molecule has 0 spiro atoms. The van der Waals surface area contributed by atoms with E-state index in [4.69, 9.17) is 10.5 Å². The van der Waals surface area contributed by atoms with Crippen LogP contribution in [0.4, 0.5) is 0 Å². The van der Waals surface area contributed by atoms with Crippen molar-refractivity contribution in [2.24, 2.45) is 10.1 Å². The Morgan fingerprint density at radius 3 is 2.67 bits per heavy atom. The van der Waals surface area contributed by atoms with Gasteiger partial charge in [0.25, 0.3) is 10.0 Å². The van der Waals surface area contributed by atoms with Crippen molar-refractivity contribution in [2.45, 2.75) is 0 Å². The van der Waals surface area contributed by atoms with Gasteiger partial charge < -0.3 is 10.5 Å². The Hall–Kier alpha value is -0.920. The van der Waals surface area contributed by atoms with Crippen LogP contribution in [0.15, 0.2) is 15.4 Å². The average molecular weight is 231 g/mol. The van der Waals surface area contributed by atoms with Crippen molar-refractivity contribution in [3.63, 3.8) is 0 Å². The summed E-state index contributed by atoms with van der Waals surface area (Å²) >= 11 is 0. The molecule has 2 rings (SSSR count). The lowest BCUT2D eigenvalue weighted by Gasteiger charge is -2.26. The molecule has 0 bridgehead atoms. The van der Waals surface area contributed by atoms with Crippen LogP contribution in [0.25, 0.3) is 0 Å². The lowest BCUT2D eigenvalue weighted by molar-refractivity contribution is 0.0430. The highest BCUT2D eigenvalue weighted by molar-refractivity contribution is 7.94. The molecule has 7 heteroatoms. The summed E-state index contributed by atoms with van der Waals surface area (Å²) in [6.45, 7) is 3.14. The molecule has 0 radical (unpaired) electrons. The zero-order valence-corrected chi connectivity index (χ0v) is 9.03. The van der Waals surface area contributed by atoms with Gasteiger partial charge >= 0.3 is 0 Å². The minimum absolute atomic E-state index is 0.0678. The summed E-state index contributed by atoms with van der Waals surface area (Å²) < 4.78 is 31.5. The lowest BCUT2D eigenvalue weighted by Crippen LogP contribution is -2.38. The number of hydrogen-bond acceptors (Lipinski definition) is 5. The van der Waals surface area contributed by atoms with Crippen LogP contribution in [-0.4, -0.2) is 52.0 Å². The van der Waals surface area contributed by atoms with Crippen LogP contribution in [0, 0.1) is 0 Å². The Kier molecular flexibility index (Phi) is 2.76. The van der Waals surface area contributed by atoms with E-state index in [0.29, 0.717) is 19.8 Å². The van der Waals surface area contributed by atoms with Gasteiger partial charge in [-0.05, 0) is 6.08 Å². The maximum absolute atomic E-state index is 11.5. The second-order valence-corrected chi connectivity index (χ2v) is 5.15. The SMILES string of the molecule is NC1=NS(=O)(=O)C(CN2CCOCC2)=C1. The van der Waals surface area contributed by atoms with Crippen molar-refractivity contribution in [1.29, 1.82) is 0 Å². The molecule has 0 aromatic heterocycles. The molecular weight excluding hydrogens is 218 g/mol. The molecule has 0 unspecified atom stereocenters. The van der Waals surface area contributed by atoms with E-state index in [1.807, 2.05) is 4.90 Å². The van der Waals surface area contributed by atoms with Crippen LogP contribution in [-0.2, 0) is 14.8 Å². The molecule has 0 amide bonds. The number of morpholine rings is 1. The topological polar surface area (TPSA) is 85.0 Å². The third-order valence-electron chi connectivity index (χ3n) is 2.35. The smallest absolute Gasteiger partial charge is 0.281 e. The molecule has 2 heterocycles. The highest BCUT2D eigenvalue weighted by Crippen LogP contribution is 2.17. The molecule has 0 atom stereocenters. The van der Waals surface area contributed by atoms with Crippen LogP contribution < -0.4 is 5.73 Å². The molecule has 0 saturated carbocycles. The summed E-state index contributed by atoms with van der Waals surface area (Å²) in [6.07, 6.45) is 1.42. The number of nitrogens with two attached hydrogens (primary N) is 1. The van der Waals surface area contributed by atoms with Gasteiger partial charge in [-0.2, -0.15) is 8.42 Å². The fraction of sp³-hybridized carbons (Fsp3) is 0.625. The summed E-state index contributed by atoms with van der Waals surface area (Å²) in [7, 11) is -3.49. The van der Waals surface area contributed by atoms with E-state index in [9.17, 15) is 8.42 Å². The number of nitrogens with zero attached hydrogens (tertiary/aromatic N) is 2. The third-order valence-corrected chi connectivity index (χ3v) is 3.71. The van der Waals surface area contributed by atoms with Gasteiger partial charge in [0.1, 0.15) is 5.84 Å². The molecule has 1 fully saturated rings. The maximum atomic E-state index is 11.5. The molecule has 15 heavy (non-hydrogen) atoms. The summed E-state index contributed by atoms with van der Waals surface area (Å²) in [4.78, 5) is 2.29. The van der Waals surface area contributed by atoms with Gasteiger partial charge in [0.15, 0.2) is 0 Å². The first-order valence-corrected chi connectivity index (χ1v) is 6.13. The van der Waals surface area contributed by atoms with Gasteiger partial charge in [-0.25, -0.2) is 0 Å². The summed E-state index contributed by atoms with van der Waals surface area (Å²) in [5.74, 6) is 0.0678. The van der Waals surface area contributed by atoms with Crippen molar-refractivity contribution in [1.82, 2.24) is 4.90 Å². The highest BCUT2D eigenvalue weighted by Gasteiger charge is 2.25. The fourth-order valence-electron chi connectivity index (χ4n) is 1.57. The molecule has 1 saturated heterocycles. The Morgan fingerprint density at radius 1 is 1.47 bits per heavy atom. The van der Waals surface area contributed by atoms with Gasteiger partial charge in [-0.15, -0.1) is 4.40 Å². The normalized spacial score (nSPS) is 26.1. The van der Waals surface area contributed by atoms with Crippen LogP contribution in [0.3, 0.4) is 0 Å². The number of sulfonamides is 1. The molecule has 0 aromatic rings. The van der Waals surface area contributed by atoms with Crippen molar-refractivity contribution in [2.75, 3.05) is 32.8 Å². The van der Waals surface area contributed by atoms with E-state index >= 15 is 0 Å². The minimum atomic E-state index is -3.49. The predicted molar refractivity (Wildman–Crippen MR) is 55.9 cm³/mol. The molecular formula is C8H13N3O3S. The van der Waals surface area contributed by atoms with Gasteiger partial charge in [0, 0.05) is 19.6 Å². The molecule has 2 N–H and O–H groups in total. The Morgan fingerprint density at radius 2 is 2.13 bits per heavy atom. The van der Waals surface area contributed by atoms with Crippen LogP contribution in [0.5, 0.6) is 0 Å². The summed E-state index contributed by atoms with van der Waals surface area (Å²) in [5.41, 5.74) is 5.36. The van der Waals surface area contributed by atoms with E-state index < -0.39 is 10.0 Å². The van der Waals surface area contributed by atoms with Crippen molar-refractivity contribution in [3.8, 4) is 0 Å². The molecule has 0 aromatic carbocycles. The Balaban J connectivity index is 2.04. The molecule has 0 aliphatic carbocycles. The van der Waals surface area contributed by atoms with E-state index in [-0.39, 0.29) is 10.7 Å². The fourth-order valence-corrected chi connectivity index (χ4v) is 2.63. The second-order valence-electron chi connectivity index (χ2n) is 3.49. The maximum Gasteiger partial charge on any atom is 0.281 e. The summed E-state index contributed by atoms with van der Waals surface area (Å²) in [6, 6.07) is 0. The molecule has 2 aliphatic rings. The molecule has 6 nitrogen and oxygen atoms in total. The zero-order chi connectivity index (χ0) is 10.9. The highest BCUT2D eigenvalue weighted by atomic mass is 32.2. The van der Waals surface area contributed by atoms with Gasteiger partial charge in [-0.1, -0.05) is 0 Å². The first kappa shape index (κ1) is 10.6. The first-order valence-electron chi connectivity index (χ1n) is 4.69. The zero-order valence-electron chi connectivity index (χ0n) is 8.22. The molecule has 84 valence electrons. The number of amidine groups is 1. The van der Waals surface area contributed by atoms with Gasteiger partial charge in [0.2, 0.25) is 0 Å². The quantitative estimate of drug-likeness (QED) is 0.652. The number of hydrogen-bond donors (Lipinski definition) is 1. The van der Waals surface area contributed by atoms with E-state index in [1.54, 1.807) is 0 Å². The van der Waals surface area contributed by atoms with Gasteiger partial charge in [-0.3, -0.25) is 4.90 Å². The average Bonchev–Trinajstić information content (AvgIpc) is 2.41. The van der Waals surface area contributed by atoms with Crippen molar-refractivity contribution in [3.05, 3.63) is 11.0 Å². The largest absolute Gasteiger partial charge is 0.383 e. The van der Waals surface area contributed by atoms with Crippen LogP contribution in [0.1, 0.15) is 0 Å². The Labute approximate surface area is 88.5 Å². The van der Waals surface area contributed by atoms with Crippen molar-refractivity contribution < 1.29 is 13.2 Å². The van der Waals surface area contributed by atoms with E-state index in [1.165, 1.54) is 6.08 Å². The summed E-state index contributed by atoms with van der Waals surface area (Å²) in [5, 5.41) is 0. The standard InChI is InChI=1S/C8H13N3O3S/c9-8-5-7(15(12,13)10-8)6-11-1-3-14-4-2-11/h5H,1-4,6H2,(H2,9,10). The number of rotatable bonds is 2. The van der Waals surface area contributed by atoms with Crippen molar-refractivity contribution >= 4 is 15.9 Å². The van der Waals surface area contributed by atoms with Crippen LogP contribution >= 0.6 is 0 Å². The predicted octanol–water partition coefficient (Wildman–Crippen LogP) is -1.10. The monoisotopic (exact) mass is 231 g/mol. The Bertz CT molecular complexity index is 407. The third kappa shape index (κ3) is 2.36. The first-order chi connectivity index (χ1) is 7.08. The van der Waals surface area contributed by atoms with Gasteiger partial charge in [0.05, 0.1) is 18.1 Å². The lowest BCUT2D eigenvalue weighted by atomic mass is 10.4.